The average Bonchev–Trinajstić information content (AvgIpc) is 2.11. The van der Waals surface area contributed by atoms with E-state index in [1.807, 2.05) is 0 Å². The van der Waals surface area contributed by atoms with Crippen molar-refractivity contribution in [2.24, 2.45) is 0 Å². The van der Waals surface area contributed by atoms with E-state index in [4.69, 9.17) is 17.3 Å². The molecule has 10 heavy (non-hydrogen) atoms. The van der Waals surface area contributed by atoms with Crippen LogP contribution in [-0.2, 0) is 0 Å². The largest absolute Gasteiger partial charge is 0.376 e. The van der Waals surface area contributed by atoms with Gasteiger partial charge in [-0.25, -0.2) is 0 Å². The summed E-state index contributed by atoms with van der Waals surface area (Å²) in [5, 5.41) is 15.4. The van der Waals surface area contributed by atoms with Crippen molar-refractivity contribution in [3.8, 4) is 0 Å². The number of aromatic nitrogens is 2. The average molecular weight is 163 g/mol. The van der Waals surface area contributed by atoms with E-state index < -0.39 is 4.92 Å². The fraction of sp³-hybridized carbons (Fsp3) is 0. The van der Waals surface area contributed by atoms with E-state index >= 15 is 0 Å². The number of hydrogen-bond donors (Lipinski definition) is 2. The third-order valence-electron chi connectivity index (χ3n) is 0.908. The molecule has 0 saturated carbocycles. The van der Waals surface area contributed by atoms with Gasteiger partial charge in [0.2, 0.25) is 11.0 Å². The third kappa shape index (κ3) is 0.883. The molecule has 7 heteroatoms. The summed E-state index contributed by atoms with van der Waals surface area (Å²) in [6.07, 6.45) is 0. The molecule has 54 valence electrons. The second-order valence-electron chi connectivity index (χ2n) is 1.53. The van der Waals surface area contributed by atoms with Gasteiger partial charge in [-0.15, -0.1) is 5.10 Å². The van der Waals surface area contributed by atoms with Crippen molar-refractivity contribution in [3.63, 3.8) is 0 Å². The van der Waals surface area contributed by atoms with Crippen LogP contribution in [0.15, 0.2) is 0 Å². The van der Waals surface area contributed by atoms with Crippen molar-refractivity contribution < 1.29 is 4.92 Å². The molecular weight excluding hydrogens is 160 g/mol. The van der Waals surface area contributed by atoms with E-state index in [2.05, 4.69) is 10.2 Å². The Morgan fingerprint density at radius 2 is 2.40 bits per heavy atom. The Morgan fingerprint density at radius 1 is 1.80 bits per heavy atom. The summed E-state index contributed by atoms with van der Waals surface area (Å²) in [7, 11) is 0. The Kier molecular flexibility index (Phi) is 1.46. The second kappa shape index (κ2) is 2.14. The number of nitrogens with zero attached hydrogens (tertiary/aromatic N) is 2. The highest BCUT2D eigenvalue weighted by atomic mass is 35.5. The standard InChI is InChI=1S/C3H3ClN4O2/c4-2-1(8(9)10)3(5)7-6-2/h(H3,5,6,7). The molecule has 0 aliphatic carbocycles. The maximum Gasteiger partial charge on any atom is 0.349 e. The highest BCUT2D eigenvalue weighted by Gasteiger charge is 2.19. The lowest BCUT2D eigenvalue weighted by Crippen LogP contribution is -1.92. The summed E-state index contributed by atoms with van der Waals surface area (Å²) in [4.78, 5) is 9.39. The van der Waals surface area contributed by atoms with Gasteiger partial charge in [0.1, 0.15) is 0 Å². The predicted molar refractivity (Wildman–Crippen MR) is 34.7 cm³/mol. The van der Waals surface area contributed by atoms with Crippen LogP contribution >= 0.6 is 11.6 Å². The first-order chi connectivity index (χ1) is 4.63. The van der Waals surface area contributed by atoms with Gasteiger partial charge in [-0.05, 0) is 0 Å². The Balaban J connectivity index is 3.23. The maximum absolute atomic E-state index is 10.1. The number of rotatable bonds is 1. The third-order valence-corrected chi connectivity index (χ3v) is 1.17. The lowest BCUT2D eigenvalue weighted by atomic mass is 10.5. The van der Waals surface area contributed by atoms with Crippen molar-refractivity contribution in [2.75, 3.05) is 5.73 Å². The highest BCUT2D eigenvalue weighted by Crippen LogP contribution is 2.26. The lowest BCUT2D eigenvalue weighted by molar-refractivity contribution is -0.383. The van der Waals surface area contributed by atoms with Gasteiger partial charge in [0.05, 0.1) is 4.92 Å². The molecule has 0 atom stereocenters. The lowest BCUT2D eigenvalue weighted by Gasteiger charge is -1.84. The molecule has 0 saturated heterocycles. The summed E-state index contributed by atoms with van der Waals surface area (Å²) in [5.74, 6) is -0.199. The van der Waals surface area contributed by atoms with Gasteiger partial charge in [-0.2, -0.15) is 0 Å². The number of hydrogen-bond acceptors (Lipinski definition) is 4. The van der Waals surface area contributed by atoms with Gasteiger partial charge < -0.3 is 5.73 Å². The van der Waals surface area contributed by atoms with E-state index in [1.165, 1.54) is 0 Å². The van der Waals surface area contributed by atoms with Crippen LogP contribution in [0.1, 0.15) is 0 Å². The fourth-order valence-electron chi connectivity index (χ4n) is 0.501. The van der Waals surface area contributed by atoms with Crippen molar-refractivity contribution in [2.45, 2.75) is 0 Å². The summed E-state index contributed by atoms with van der Waals surface area (Å²) in [6, 6.07) is 0. The SMILES string of the molecule is Nc1n[nH]c(Cl)c1[N+](=O)[O-]. The molecule has 0 aliphatic rings. The zero-order chi connectivity index (χ0) is 7.72. The zero-order valence-corrected chi connectivity index (χ0v) is 5.42. The molecular formula is C3H3ClN4O2. The topological polar surface area (TPSA) is 97.8 Å². The van der Waals surface area contributed by atoms with E-state index in [0.717, 1.165) is 0 Å². The number of nitrogens with one attached hydrogen (secondary N) is 1. The van der Waals surface area contributed by atoms with E-state index in [-0.39, 0.29) is 16.7 Å². The van der Waals surface area contributed by atoms with Gasteiger partial charge >= 0.3 is 5.69 Å². The molecule has 0 unspecified atom stereocenters. The minimum absolute atomic E-state index is 0.150. The minimum atomic E-state index is -0.693. The van der Waals surface area contributed by atoms with E-state index in [0.29, 0.717) is 0 Å². The molecule has 1 heterocycles. The van der Waals surface area contributed by atoms with Crippen LogP contribution in [0.25, 0.3) is 0 Å². The zero-order valence-electron chi connectivity index (χ0n) is 4.67. The van der Waals surface area contributed by atoms with Crippen molar-refractivity contribution in [1.82, 2.24) is 10.2 Å². The van der Waals surface area contributed by atoms with Gasteiger partial charge in [-0.3, -0.25) is 15.2 Å². The normalized spacial score (nSPS) is 9.70. The molecule has 0 aliphatic heterocycles. The number of nitro groups is 1. The number of H-pyrrole nitrogens is 1. The van der Waals surface area contributed by atoms with Gasteiger partial charge in [-0.1, -0.05) is 11.6 Å². The monoisotopic (exact) mass is 162 g/mol. The Morgan fingerprint density at radius 3 is 2.60 bits per heavy atom. The summed E-state index contributed by atoms with van der Waals surface area (Å²) in [5.41, 5.74) is 4.70. The molecule has 1 aromatic rings. The predicted octanol–water partition coefficient (Wildman–Crippen LogP) is 0.553. The molecule has 0 aromatic carbocycles. The molecule has 0 spiro atoms. The Hall–Kier alpha value is -1.30. The molecule has 0 amide bonds. The van der Waals surface area contributed by atoms with Crippen molar-refractivity contribution in [1.29, 1.82) is 0 Å². The summed E-state index contributed by atoms with van der Waals surface area (Å²) < 4.78 is 0. The van der Waals surface area contributed by atoms with Crippen LogP contribution in [0.3, 0.4) is 0 Å². The molecule has 0 fully saturated rings. The van der Waals surface area contributed by atoms with E-state index in [1.54, 1.807) is 0 Å². The van der Waals surface area contributed by atoms with Gasteiger partial charge in [0, 0.05) is 0 Å². The van der Waals surface area contributed by atoms with Crippen LogP contribution in [0.5, 0.6) is 0 Å². The number of aromatic amines is 1. The maximum atomic E-state index is 10.1. The molecule has 1 rings (SSSR count). The summed E-state index contributed by atoms with van der Waals surface area (Å²) >= 11 is 5.30. The molecule has 0 bridgehead atoms. The van der Waals surface area contributed by atoms with Gasteiger partial charge in [0.15, 0.2) is 0 Å². The highest BCUT2D eigenvalue weighted by molar-refractivity contribution is 6.31. The minimum Gasteiger partial charge on any atom is -0.376 e. The Labute approximate surface area is 60.1 Å². The van der Waals surface area contributed by atoms with E-state index in [9.17, 15) is 10.1 Å². The fourth-order valence-corrected chi connectivity index (χ4v) is 0.709. The molecule has 3 N–H and O–H groups in total. The molecule has 0 radical (unpaired) electrons. The second-order valence-corrected chi connectivity index (χ2v) is 1.91. The molecule has 6 nitrogen and oxygen atoms in total. The number of nitrogen functional groups attached to an aromatic ring is 1. The number of nitrogens with two attached hydrogens (primary N) is 1. The number of anilines is 1. The quantitative estimate of drug-likeness (QED) is 0.466. The van der Waals surface area contributed by atoms with Crippen molar-refractivity contribution in [3.05, 3.63) is 15.3 Å². The van der Waals surface area contributed by atoms with Crippen LogP contribution in [0.4, 0.5) is 11.5 Å². The first kappa shape index (κ1) is 6.81. The first-order valence-electron chi connectivity index (χ1n) is 2.26. The van der Waals surface area contributed by atoms with Crippen molar-refractivity contribution >= 4 is 23.1 Å². The summed E-state index contributed by atoms with van der Waals surface area (Å²) in [6.45, 7) is 0. The van der Waals surface area contributed by atoms with Crippen LogP contribution < -0.4 is 5.73 Å². The first-order valence-corrected chi connectivity index (χ1v) is 2.64. The van der Waals surface area contributed by atoms with Crippen LogP contribution in [0, 0.1) is 10.1 Å². The van der Waals surface area contributed by atoms with Crippen LogP contribution in [0.2, 0.25) is 5.15 Å². The molecule has 1 aromatic heterocycles. The Bertz CT molecular complexity index is 250. The van der Waals surface area contributed by atoms with Crippen LogP contribution in [-0.4, -0.2) is 15.1 Å². The van der Waals surface area contributed by atoms with Gasteiger partial charge in [0.25, 0.3) is 0 Å². The smallest absolute Gasteiger partial charge is 0.349 e. The number of halogens is 1.